The van der Waals surface area contributed by atoms with Crippen molar-refractivity contribution < 1.29 is 0 Å². The fourth-order valence-electron chi connectivity index (χ4n) is 6.87. The first-order valence-corrected chi connectivity index (χ1v) is 17.2. The van der Waals surface area contributed by atoms with Crippen molar-refractivity contribution in [3.05, 3.63) is 188 Å². The summed E-state index contributed by atoms with van der Waals surface area (Å²) in [5, 5.41) is 5.16. The Morgan fingerprint density at radius 2 is 0.812 bits per heavy atom. The predicted octanol–water partition coefficient (Wildman–Crippen LogP) is 13.7. The normalized spacial score (nSPS) is 11.3. The Morgan fingerprint density at radius 3 is 1.40 bits per heavy atom. The molecule has 1 aromatic heterocycles. The highest BCUT2D eigenvalue weighted by Gasteiger charge is 2.19. The number of benzene rings is 8. The van der Waals surface area contributed by atoms with Crippen LogP contribution in [-0.4, -0.2) is 0 Å². The van der Waals surface area contributed by atoms with E-state index in [1.165, 1.54) is 64.3 Å². The lowest BCUT2D eigenvalue weighted by Crippen LogP contribution is -2.10. The number of thiophene rings is 1. The molecule has 8 aromatic carbocycles. The summed E-state index contributed by atoms with van der Waals surface area (Å²) in [5.74, 6) is 0. The number of hydrogen-bond donors (Lipinski definition) is 0. The van der Waals surface area contributed by atoms with Gasteiger partial charge in [-0.05, 0) is 75.0 Å². The molecule has 0 aliphatic carbocycles. The van der Waals surface area contributed by atoms with Gasteiger partial charge in [0, 0.05) is 42.8 Å². The minimum Gasteiger partial charge on any atom is -0.310 e. The number of fused-ring (bicyclic) bond motifs is 5. The van der Waals surface area contributed by atoms with Crippen LogP contribution < -0.4 is 4.90 Å². The van der Waals surface area contributed by atoms with Gasteiger partial charge in [-0.15, -0.1) is 11.3 Å². The molecule has 1 heterocycles. The van der Waals surface area contributed by atoms with Crippen LogP contribution >= 0.6 is 11.3 Å². The molecule has 0 bridgehead atoms. The Bertz CT molecular complexity index is 2430. The maximum Gasteiger partial charge on any atom is 0.0475 e. The van der Waals surface area contributed by atoms with E-state index in [1.54, 1.807) is 0 Å². The molecule has 9 aromatic rings. The average molecular weight is 630 g/mol. The van der Waals surface area contributed by atoms with E-state index in [-0.39, 0.29) is 0 Å². The van der Waals surface area contributed by atoms with Crippen LogP contribution in [0.15, 0.2) is 188 Å². The summed E-state index contributed by atoms with van der Waals surface area (Å²) in [6.45, 7) is 0. The summed E-state index contributed by atoms with van der Waals surface area (Å²) in [6, 6.07) is 68.0. The third-order valence-corrected chi connectivity index (χ3v) is 10.5. The Morgan fingerprint density at radius 1 is 0.312 bits per heavy atom. The molecular weight excluding hydrogens is 599 g/mol. The highest BCUT2D eigenvalue weighted by molar-refractivity contribution is 7.27. The molecule has 1 nitrogen and oxygen atoms in total. The average Bonchev–Trinajstić information content (AvgIpc) is 3.55. The van der Waals surface area contributed by atoms with Crippen LogP contribution in [0.1, 0.15) is 0 Å². The number of rotatable bonds is 6. The Balaban J connectivity index is 1.28. The van der Waals surface area contributed by atoms with Crippen molar-refractivity contribution in [2.24, 2.45) is 0 Å². The number of nitrogens with zero attached hydrogens (tertiary/aromatic N) is 1. The van der Waals surface area contributed by atoms with Crippen molar-refractivity contribution in [2.45, 2.75) is 0 Å². The van der Waals surface area contributed by atoms with Gasteiger partial charge in [-0.1, -0.05) is 152 Å². The molecule has 9 rings (SSSR count). The van der Waals surface area contributed by atoms with E-state index in [2.05, 4.69) is 193 Å². The van der Waals surface area contributed by atoms with Gasteiger partial charge in [0.25, 0.3) is 0 Å². The van der Waals surface area contributed by atoms with Gasteiger partial charge < -0.3 is 4.90 Å². The molecule has 0 unspecified atom stereocenters. The molecule has 0 saturated carbocycles. The number of anilines is 3. The molecule has 0 aliphatic rings. The smallest absolute Gasteiger partial charge is 0.0475 e. The molecule has 48 heavy (non-hydrogen) atoms. The first-order valence-electron chi connectivity index (χ1n) is 16.3. The zero-order valence-corrected chi connectivity index (χ0v) is 27.1. The predicted molar refractivity (Wildman–Crippen MR) is 208 cm³/mol. The van der Waals surface area contributed by atoms with Crippen molar-refractivity contribution in [2.75, 3.05) is 4.90 Å². The van der Waals surface area contributed by atoms with Gasteiger partial charge in [0.2, 0.25) is 0 Å². The van der Waals surface area contributed by atoms with E-state index in [1.807, 2.05) is 11.3 Å². The Hall–Kier alpha value is -5.96. The van der Waals surface area contributed by atoms with Gasteiger partial charge in [-0.3, -0.25) is 0 Å². The molecule has 0 fully saturated rings. The lowest BCUT2D eigenvalue weighted by atomic mass is 9.99. The second-order valence-electron chi connectivity index (χ2n) is 12.2. The third kappa shape index (κ3) is 5.04. The summed E-state index contributed by atoms with van der Waals surface area (Å²) < 4.78 is 2.65. The fraction of sp³-hybridized carbons (Fsp3) is 0. The monoisotopic (exact) mass is 629 g/mol. The summed E-state index contributed by atoms with van der Waals surface area (Å²) in [4.78, 5) is 2.40. The van der Waals surface area contributed by atoms with Gasteiger partial charge >= 0.3 is 0 Å². The van der Waals surface area contributed by atoms with E-state index in [0.29, 0.717) is 0 Å². The van der Waals surface area contributed by atoms with Crippen LogP contribution in [0.3, 0.4) is 0 Å². The minimum atomic E-state index is 1.12. The SMILES string of the molecule is c1ccc(-c2ccc(N(c3ccc(-c4ccccc4)cc3)c3cc(-c4ccccc4)c4sc5c6ccccc6ccc5c4c3)cc2)cc1. The number of hydrogen-bond acceptors (Lipinski definition) is 2. The Labute approximate surface area is 284 Å². The lowest BCUT2D eigenvalue weighted by molar-refractivity contribution is 1.29. The summed E-state index contributed by atoms with van der Waals surface area (Å²) >= 11 is 1.91. The lowest BCUT2D eigenvalue weighted by Gasteiger charge is -2.27. The van der Waals surface area contributed by atoms with Crippen LogP contribution in [0.2, 0.25) is 0 Å². The summed E-state index contributed by atoms with van der Waals surface area (Å²) in [7, 11) is 0. The van der Waals surface area contributed by atoms with E-state index < -0.39 is 0 Å². The van der Waals surface area contributed by atoms with Crippen LogP contribution in [0, 0.1) is 0 Å². The van der Waals surface area contributed by atoms with Crippen LogP contribution in [0.25, 0.3) is 64.3 Å². The highest BCUT2D eigenvalue weighted by Crippen LogP contribution is 2.47. The second-order valence-corrected chi connectivity index (χ2v) is 13.2. The Kier molecular flexibility index (Phi) is 7.07. The second kappa shape index (κ2) is 12.0. The van der Waals surface area contributed by atoms with Gasteiger partial charge in [0.15, 0.2) is 0 Å². The fourth-order valence-corrected chi connectivity index (χ4v) is 8.22. The van der Waals surface area contributed by atoms with Gasteiger partial charge in [-0.25, -0.2) is 0 Å². The largest absolute Gasteiger partial charge is 0.310 e. The first kappa shape index (κ1) is 28.3. The molecule has 0 amide bonds. The minimum absolute atomic E-state index is 1.12. The first-order chi connectivity index (χ1) is 23.8. The van der Waals surface area contributed by atoms with Crippen molar-refractivity contribution in [3.8, 4) is 33.4 Å². The molecule has 0 spiro atoms. The topological polar surface area (TPSA) is 3.24 Å². The third-order valence-electron chi connectivity index (χ3n) is 9.26. The molecule has 0 aliphatic heterocycles. The molecule has 226 valence electrons. The van der Waals surface area contributed by atoms with Gasteiger partial charge in [-0.2, -0.15) is 0 Å². The zero-order valence-electron chi connectivity index (χ0n) is 26.3. The maximum atomic E-state index is 2.40. The van der Waals surface area contributed by atoms with Crippen molar-refractivity contribution >= 4 is 59.3 Å². The van der Waals surface area contributed by atoms with Crippen molar-refractivity contribution in [1.29, 1.82) is 0 Å². The van der Waals surface area contributed by atoms with Crippen LogP contribution in [-0.2, 0) is 0 Å². The van der Waals surface area contributed by atoms with Crippen molar-refractivity contribution in [3.63, 3.8) is 0 Å². The maximum absolute atomic E-state index is 2.40. The van der Waals surface area contributed by atoms with E-state index >= 15 is 0 Å². The summed E-state index contributed by atoms with van der Waals surface area (Å²) in [5.41, 5.74) is 10.7. The highest BCUT2D eigenvalue weighted by atomic mass is 32.1. The molecule has 2 heteroatoms. The van der Waals surface area contributed by atoms with E-state index in [9.17, 15) is 0 Å². The summed E-state index contributed by atoms with van der Waals surface area (Å²) in [6.07, 6.45) is 0. The van der Waals surface area contributed by atoms with Crippen molar-refractivity contribution in [1.82, 2.24) is 0 Å². The molecular formula is C46H31NS. The van der Waals surface area contributed by atoms with Gasteiger partial charge in [0.1, 0.15) is 0 Å². The molecule has 0 radical (unpaired) electrons. The van der Waals surface area contributed by atoms with Gasteiger partial charge in [0.05, 0.1) is 0 Å². The standard InChI is InChI=1S/C46H31NS/c1-4-12-32(13-5-1)34-20-25-38(26-21-34)47(39-27-22-35(23-28-39)33-14-6-2-7-15-33)40-30-43(36-16-8-3-9-17-36)46-44(31-40)42-29-24-37-18-10-11-19-41(37)45(42)48-46/h1-31H. The van der Waals surface area contributed by atoms with Crippen LogP contribution in [0.5, 0.6) is 0 Å². The van der Waals surface area contributed by atoms with E-state index in [4.69, 9.17) is 0 Å². The zero-order chi connectivity index (χ0) is 31.9. The molecule has 0 atom stereocenters. The van der Waals surface area contributed by atoms with E-state index in [0.717, 1.165) is 17.1 Å². The molecule has 0 saturated heterocycles. The van der Waals surface area contributed by atoms with Crippen LogP contribution in [0.4, 0.5) is 17.1 Å². The molecule has 0 N–H and O–H groups in total. The quantitative estimate of drug-likeness (QED) is 0.177.